The van der Waals surface area contributed by atoms with Crippen molar-refractivity contribution < 1.29 is 5.11 Å². The number of hydrogen-bond acceptors (Lipinski definition) is 2. The first-order valence-corrected chi connectivity index (χ1v) is 8.44. The van der Waals surface area contributed by atoms with E-state index in [0.717, 1.165) is 31.0 Å². The average Bonchev–Trinajstić information content (AvgIpc) is 2.54. The molecule has 0 atom stereocenters. The SMILES string of the molecule is CCNC(=NCc1ccc(C)cc1C)NCCc1cccc(O)c1. The normalized spacial score (nSPS) is 11.4. The molecular weight excluding hydrogens is 298 g/mol. The Labute approximate surface area is 144 Å². The molecular formula is C20H27N3O. The molecule has 3 N–H and O–H groups in total. The van der Waals surface area contributed by atoms with Crippen LogP contribution in [0.3, 0.4) is 0 Å². The molecule has 4 heteroatoms. The molecule has 2 aromatic carbocycles. The fourth-order valence-electron chi connectivity index (χ4n) is 2.57. The molecule has 2 rings (SSSR count). The van der Waals surface area contributed by atoms with Crippen molar-refractivity contribution in [2.45, 2.75) is 33.7 Å². The fourth-order valence-corrected chi connectivity index (χ4v) is 2.57. The van der Waals surface area contributed by atoms with E-state index < -0.39 is 0 Å². The third-order valence-electron chi connectivity index (χ3n) is 3.87. The number of aryl methyl sites for hydroxylation is 2. The van der Waals surface area contributed by atoms with Gasteiger partial charge in [0.15, 0.2) is 5.96 Å². The number of aromatic hydroxyl groups is 1. The maximum absolute atomic E-state index is 9.51. The molecule has 0 aliphatic rings. The van der Waals surface area contributed by atoms with Crippen molar-refractivity contribution in [3.63, 3.8) is 0 Å². The highest BCUT2D eigenvalue weighted by Crippen LogP contribution is 2.12. The van der Waals surface area contributed by atoms with Crippen LogP contribution in [-0.2, 0) is 13.0 Å². The summed E-state index contributed by atoms with van der Waals surface area (Å²) in [6.45, 7) is 8.54. The Morgan fingerprint density at radius 3 is 2.62 bits per heavy atom. The van der Waals surface area contributed by atoms with E-state index in [1.807, 2.05) is 12.1 Å². The highest BCUT2D eigenvalue weighted by Gasteiger charge is 2.01. The zero-order valence-electron chi connectivity index (χ0n) is 14.8. The summed E-state index contributed by atoms with van der Waals surface area (Å²) in [4.78, 5) is 4.67. The molecule has 0 heterocycles. The molecule has 0 aromatic heterocycles. The van der Waals surface area contributed by atoms with Gasteiger partial charge < -0.3 is 15.7 Å². The maximum Gasteiger partial charge on any atom is 0.191 e. The third kappa shape index (κ3) is 5.61. The first-order chi connectivity index (χ1) is 11.6. The fraction of sp³-hybridized carbons (Fsp3) is 0.350. The number of rotatable bonds is 6. The summed E-state index contributed by atoms with van der Waals surface area (Å²) in [7, 11) is 0. The van der Waals surface area contributed by atoms with Crippen molar-refractivity contribution in [3.05, 3.63) is 64.7 Å². The number of nitrogens with zero attached hydrogens (tertiary/aromatic N) is 1. The number of guanidine groups is 1. The van der Waals surface area contributed by atoms with Gasteiger partial charge in [0.2, 0.25) is 0 Å². The molecule has 0 aliphatic heterocycles. The van der Waals surface area contributed by atoms with Gasteiger partial charge in [-0.2, -0.15) is 0 Å². The van der Waals surface area contributed by atoms with Gasteiger partial charge in [0, 0.05) is 13.1 Å². The molecule has 0 aliphatic carbocycles. The van der Waals surface area contributed by atoms with E-state index in [-0.39, 0.29) is 0 Å². The van der Waals surface area contributed by atoms with Crippen LogP contribution in [0.15, 0.2) is 47.5 Å². The van der Waals surface area contributed by atoms with Crippen LogP contribution >= 0.6 is 0 Å². The zero-order chi connectivity index (χ0) is 17.4. The molecule has 0 radical (unpaired) electrons. The molecule has 0 saturated carbocycles. The van der Waals surface area contributed by atoms with E-state index in [9.17, 15) is 5.11 Å². The number of phenolic OH excluding ortho intramolecular Hbond substituents is 1. The lowest BCUT2D eigenvalue weighted by Crippen LogP contribution is -2.38. The molecule has 2 aromatic rings. The first-order valence-electron chi connectivity index (χ1n) is 8.44. The minimum Gasteiger partial charge on any atom is -0.508 e. The van der Waals surface area contributed by atoms with Gasteiger partial charge >= 0.3 is 0 Å². The smallest absolute Gasteiger partial charge is 0.191 e. The van der Waals surface area contributed by atoms with E-state index in [0.29, 0.717) is 12.3 Å². The largest absolute Gasteiger partial charge is 0.508 e. The van der Waals surface area contributed by atoms with Crippen LogP contribution in [0.4, 0.5) is 0 Å². The highest BCUT2D eigenvalue weighted by atomic mass is 16.3. The molecule has 0 amide bonds. The molecule has 24 heavy (non-hydrogen) atoms. The summed E-state index contributed by atoms with van der Waals surface area (Å²) < 4.78 is 0. The second-order valence-electron chi connectivity index (χ2n) is 5.97. The standard InChI is InChI=1S/C20H27N3O/c1-4-21-20(22-11-10-17-6-5-7-19(24)13-17)23-14-18-9-8-15(2)12-16(18)3/h5-9,12-13,24H,4,10-11,14H2,1-3H3,(H2,21,22,23). The summed E-state index contributed by atoms with van der Waals surface area (Å²) in [5, 5.41) is 16.1. The van der Waals surface area contributed by atoms with Gasteiger partial charge in [-0.3, -0.25) is 0 Å². The van der Waals surface area contributed by atoms with Crippen LogP contribution in [0.2, 0.25) is 0 Å². The van der Waals surface area contributed by atoms with Crippen molar-refractivity contribution in [1.82, 2.24) is 10.6 Å². The Morgan fingerprint density at radius 2 is 1.92 bits per heavy atom. The number of hydrogen-bond donors (Lipinski definition) is 3. The summed E-state index contributed by atoms with van der Waals surface area (Å²) in [5.74, 6) is 1.13. The molecule has 0 unspecified atom stereocenters. The quantitative estimate of drug-likeness (QED) is 0.564. The molecule has 0 bridgehead atoms. The first kappa shape index (κ1) is 17.9. The van der Waals surface area contributed by atoms with Gasteiger partial charge in [-0.05, 0) is 56.0 Å². The van der Waals surface area contributed by atoms with E-state index in [1.54, 1.807) is 12.1 Å². The number of nitrogens with one attached hydrogen (secondary N) is 2. The minimum absolute atomic E-state index is 0.308. The summed E-state index contributed by atoms with van der Waals surface area (Å²) in [6.07, 6.45) is 0.836. The average molecular weight is 325 g/mol. The van der Waals surface area contributed by atoms with Gasteiger partial charge in [0.05, 0.1) is 6.54 Å². The lowest BCUT2D eigenvalue weighted by molar-refractivity contribution is 0.474. The van der Waals surface area contributed by atoms with Crippen molar-refractivity contribution in [2.75, 3.05) is 13.1 Å². The summed E-state index contributed by atoms with van der Waals surface area (Å²) in [5.41, 5.74) is 4.89. The molecule has 0 saturated heterocycles. The lowest BCUT2D eigenvalue weighted by Gasteiger charge is -2.12. The Morgan fingerprint density at radius 1 is 1.08 bits per heavy atom. The van der Waals surface area contributed by atoms with Crippen molar-refractivity contribution in [3.8, 4) is 5.75 Å². The third-order valence-corrected chi connectivity index (χ3v) is 3.87. The van der Waals surface area contributed by atoms with Crippen LogP contribution in [0.1, 0.15) is 29.2 Å². The Kier molecular flexibility index (Phi) is 6.67. The predicted molar refractivity (Wildman–Crippen MR) is 101 cm³/mol. The number of phenols is 1. The van der Waals surface area contributed by atoms with Gasteiger partial charge in [0.25, 0.3) is 0 Å². The van der Waals surface area contributed by atoms with E-state index >= 15 is 0 Å². The monoisotopic (exact) mass is 325 g/mol. The molecule has 0 spiro atoms. The Bertz CT molecular complexity index is 695. The van der Waals surface area contributed by atoms with E-state index in [2.05, 4.69) is 54.6 Å². The lowest BCUT2D eigenvalue weighted by atomic mass is 10.1. The zero-order valence-corrected chi connectivity index (χ0v) is 14.8. The summed E-state index contributed by atoms with van der Waals surface area (Å²) >= 11 is 0. The second-order valence-corrected chi connectivity index (χ2v) is 5.97. The van der Waals surface area contributed by atoms with Gasteiger partial charge in [0.1, 0.15) is 5.75 Å². The Balaban J connectivity index is 1.92. The minimum atomic E-state index is 0.308. The van der Waals surface area contributed by atoms with Gasteiger partial charge in [-0.25, -0.2) is 4.99 Å². The van der Waals surface area contributed by atoms with Gasteiger partial charge in [-0.1, -0.05) is 35.9 Å². The van der Waals surface area contributed by atoms with Crippen molar-refractivity contribution >= 4 is 5.96 Å². The summed E-state index contributed by atoms with van der Waals surface area (Å²) in [6, 6.07) is 13.8. The van der Waals surface area contributed by atoms with Crippen LogP contribution in [-0.4, -0.2) is 24.2 Å². The number of aliphatic imine (C=N–C) groups is 1. The van der Waals surface area contributed by atoms with Crippen LogP contribution in [0.25, 0.3) is 0 Å². The maximum atomic E-state index is 9.51. The molecule has 4 nitrogen and oxygen atoms in total. The topological polar surface area (TPSA) is 56.7 Å². The van der Waals surface area contributed by atoms with E-state index in [1.165, 1.54) is 16.7 Å². The molecule has 128 valence electrons. The highest BCUT2D eigenvalue weighted by molar-refractivity contribution is 5.79. The Hall–Kier alpha value is -2.49. The molecule has 0 fully saturated rings. The van der Waals surface area contributed by atoms with Crippen molar-refractivity contribution in [2.24, 2.45) is 4.99 Å². The van der Waals surface area contributed by atoms with Crippen molar-refractivity contribution in [1.29, 1.82) is 0 Å². The predicted octanol–water partition coefficient (Wildman–Crippen LogP) is 3.31. The van der Waals surface area contributed by atoms with Crippen LogP contribution in [0, 0.1) is 13.8 Å². The van der Waals surface area contributed by atoms with Crippen LogP contribution < -0.4 is 10.6 Å². The second kappa shape index (κ2) is 8.96. The van der Waals surface area contributed by atoms with E-state index in [4.69, 9.17) is 0 Å². The number of benzene rings is 2. The van der Waals surface area contributed by atoms with Gasteiger partial charge in [-0.15, -0.1) is 0 Å². The van der Waals surface area contributed by atoms with Crippen LogP contribution in [0.5, 0.6) is 5.75 Å².